The van der Waals surface area contributed by atoms with E-state index in [1.807, 2.05) is 6.20 Å². The fourth-order valence-corrected chi connectivity index (χ4v) is 3.86. The molecule has 0 unspecified atom stereocenters. The first-order valence-electron chi connectivity index (χ1n) is 10.4. The fraction of sp³-hybridized carbons (Fsp3) is 0.600. The molecule has 28 heavy (non-hydrogen) atoms. The molecule has 0 amide bonds. The van der Waals surface area contributed by atoms with Crippen LogP contribution < -0.4 is 10.5 Å². The Kier molecular flexibility index (Phi) is 5.73. The van der Waals surface area contributed by atoms with Crippen LogP contribution in [0.4, 0.5) is 5.82 Å². The van der Waals surface area contributed by atoms with Crippen LogP contribution in [0.2, 0.25) is 0 Å². The van der Waals surface area contributed by atoms with Crippen molar-refractivity contribution in [2.75, 3.05) is 12.3 Å². The van der Waals surface area contributed by atoms with Gasteiger partial charge in [-0.15, -0.1) is 5.10 Å². The zero-order valence-corrected chi connectivity index (χ0v) is 16.5. The van der Waals surface area contributed by atoms with Crippen LogP contribution in [0.25, 0.3) is 5.65 Å². The van der Waals surface area contributed by atoms with Gasteiger partial charge in [0.15, 0.2) is 11.5 Å². The third-order valence-electron chi connectivity index (χ3n) is 5.41. The monoisotopic (exact) mass is 383 g/mol. The van der Waals surface area contributed by atoms with Crippen molar-refractivity contribution in [1.82, 2.24) is 29.4 Å². The van der Waals surface area contributed by atoms with Gasteiger partial charge in [-0.1, -0.05) is 32.6 Å². The predicted molar refractivity (Wildman–Crippen MR) is 107 cm³/mol. The van der Waals surface area contributed by atoms with E-state index in [-0.39, 0.29) is 0 Å². The Morgan fingerprint density at radius 2 is 2.07 bits per heavy atom. The number of nitrogens with two attached hydrogens (primary N) is 1. The molecule has 4 rings (SSSR count). The van der Waals surface area contributed by atoms with Gasteiger partial charge >= 0.3 is 6.01 Å². The van der Waals surface area contributed by atoms with E-state index in [1.54, 1.807) is 10.7 Å². The fourth-order valence-electron chi connectivity index (χ4n) is 3.86. The number of imidazole rings is 1. The Balaban J connectivity index is 1.48. The quantitative estimate of drug-likeness (QED) is 0.600. The standard InChI is InChI=1S/C20H29N7O/c1-2-3-9-28-20-24-18(21)19-22-12-17(27(19)25-20)10-16-11-23-26(14-16)13-15-7-5-4-6-8-15/h11-12,14-15H,2-10,13H2,1H3,(H2,21,24,25). The molecule has 8 nitrogen and oxygen atoms in total. The Morgan fingerprint density at radius 3 is 2.89 bits per heavy atom. The summed E-state index contributed by atoms with van der Waals surface area (Å²) in [4.78, 5) is 8.59. The van der Waals surface area contributed by atoms with E-state index in [0.29, 0.717) is 30.5 Å². The van der Waals surface area contributed by atoms with Crippen molar-refractivity contribution in [3.63, 3.8) is 0 Å². The number of hydrogen-bond acceptors (Lipinski definition) is 6. The molecule has 0 spiro atoms. The van der Waals surface area contributed by atoms with E-state index in [2.05, 4.69) is 38.0 Å². The molecule has 8 heteroatoms. The summed E-state index contributed by atoms with van der Waals surface area (Å²) in [6, 6.07) is 0.297. The maximum atomic E-state index is 6.05. The van der Waals surface area contributed by atoms with Crippen molar-refractivity contribution in [3.05, 3.63) is 29.8 Å². The van der Waals surface area contributed by atoms with Gasteiger partial charge in [0.1, 0.15) is 0 Å². The number of nitrogens with zero attached hydrogens (tertiary/aromatic N) is 6. The molecule has 1 saturated carbocycles. The predicted octanol–water partition coefficient (Wildman–Crippen LogP) is 3.25. The first-order valence-corrected chi connectivity index (χ1v) is 10.4. The lowest BCUT2D eigenvalue weighted by Crippen LogP contribution is -2.14. The van der Waals surface area contributed by atoms with Crippen LogP contribution in [-0.4, -0.2) is 36.0 Å². The Labute approximate surface area is 165 Å². The zero-order chi connectivity index (χ0) is 19.3. The molecule has 0 atom stereocenters. The summed E-state index contributed by atoms with van der Waals surface area (Å²) in [6.45, 7) is 3.71. The molecule has 1 fully saturated rings. The molecule has 0 saturated heterocycles. The molecule has 3 heterocycles. The summed E-state index contributed by atoms with van der Waals surface area (Å²) in [6.07, 6.45) is 15.3. The summed E-state index contributed by atoms with van der Waals surface area (Å²) in [7, 11) is 0. The minimum Gasteiger partial charge on any atom is -0.462 e. The van der Waals surface area contributed by atoms with Crippen LogP contribution in [0.5, 0.6) is 6.01 Å². The second-order valence-electron chi connectivity index (χ2n) is 7.72. The molecule has 150 valence electrons. The summed E-state index contributed by atoms with van der Waals surface area (Å²) in [5.74, 6) is 1.09. The number of anilines is 1. The number of nitrogen functional groups attached to an aromatic ring is 1. The van der Waals surface area contributed by atoms with Crippen LogP contribution in [-0.2, 0) is 13.0 Å². The lowest BCUT2D eigenvalue weighted by molar-refractivity contribution is 0.280. The molecule has 0 aromatic carbocycles. The van der Waals surface area contributed by atoms with E-state index in [0.717, 1.165) is 36.6 Å². The molecule has 3 aromatic rings. The number of ether oxygens (including phenoxy) is 1. The molecule has 1 aliphatic rings. The van der Waals surface area contributed by atoms with Crippen molar-refractivity contribution in [3.8, 4) is 6.01 Å². The highest BCUT2D eigenvalue weighted by Gasteiger charge is 2.16. The summed E-state index contributed by atoms with van der Waals surface area (Å²) in [5, 5.41) is 9.04. The van der Waals surface area contributed by atoms with Crippen molar-refractivity contribution < 1.29 is 4.74 Å². The zero-order valence-electron chi connectivity index (χ0n) is 16.5. The molecule has 1 aliphatic carbocycles. The smallest absolute Gasteiger partial charge is 0.336 e. The lowest BCUT2D eigenvalue weighted by atomic mass is 9.89. The van der Waals surface area contributed by atoms with Crippen molar-refractivity contribution in [2.24, 2.45) is 5.92 Å². The molecule has 2 N–H and O–H groups in total. The first kappa shape index (κ1) is 18.7. The summed E-state index contributed by atoms with van der Waals surface area (Å²) in [5.41, 5.74) is 8.70. The van der Waals surface area contributed by atoms with Gasteiger partial charge in [-0.3, -0.25) is 4.68 Å². The average molecular weight is 384 g/mol. The number of aromatic nitrogens is 6. The van der Waals surface area contributed by atoms with E-state index in [4.69, 9.17) is 10.5 Å². The van der Waals surface area contributed by atoms with Gasteiger partial charge < -0.3 is 10.5 Å². The second kappa shape index (κ2) is 8.58. The summed E-state index contributed by atoms with van der Waals surface area (Å²) >= 11 is 0. The molecule has 0 radical (unpaired) electrons. The van der Waals surface area contributed by atoms with Crippen molar-refractivity contribution in [2.45, 2.75) is 64.8 Å². The molecule has 0 bridgehead atoms. The molecule has 3 aromatic heterocycles. The van der Waals surface area contributed by atoms with Gasteiger partial charge in [-0.05, 0) is 30.7 Å². The van der Waals surface area contributed by atoms with E-state index >= 15 is 0 Å². The minimum absolute atomic E-state index is 0.297. The van der Waals surface area contributed by atoms with Crippen molar-refractivity contribution >= 4 is 11.5 Å². The van der Waals surface area contributed by atoms with E-state index in [1.165, 1.54) is 32.1 Å². The highest BCUT2D eigenvalue weighted by Crippen LogP contribution is 2.25. The van der Waals surface area contributed by atoms with Gasteiger partial charge in [0.25, 0.3) is 0 Å². The SMILES string of the molecule is CCCCOc1nc(N)c2ncc(Cc3cnn(CC4CCCCC4)c3)n2n1. The molecule has 0 aliphatic heterocycles. The van der Waals surface area contributed by atoms with Crippen LogP contribution in [0.3, 0.4) is 0 Å². The number of fused-ring (bicyclic) bond motifs is 1. The van der Waals surface area contributed by atoms with Gasteiger partial charge in [-0.25, -0.2) is 9.50 Å². The minimum atomic E-state index is 0.297. The average Bonchev–Trinajstić information content (AvgIpc) is 3.31. The third kappa shape index (κ3) is 4.26. The summed E-state index contributed by atoms with van der Waals surface area (Å²) < 4.78 is 9.45. The number of hydrogen-bond donors (Lipinski definition) is 1. The van der Waals surface area contributed by atoms with Gasteiger partial charge in [0.05, 0.1) is 24.7 Å². The van der Waals surface area contributed by atoms with Crippen LogP contribution in [0.1, 0.15) is 63.1 Å². The van der Waals surface area contributed by atoms with Crippen molar-refractivity contribution in [1.29, 1.82) is 0 Å². The number of rotatable bonds is 8. The van der Waals surface area contributed by atoms with Crippen LogP contribution in [0.15, 0.2) is 18.6 Å². The topological polar surface area (TPSA) is 96.1 Å². The van der Waals surface area contributed by atoms with Gasteiger partial charge in [0.2, 0.25) is 0 Å². The third-order valence-corrected chi connectivity index (χ3v) is 5.41. The van der Waals surface area contributed by atoms with Gasteiger partial charge in [0, 0.05) is 19.2 Å². The Bertz CT molecular complexity index is 911. The van der Waals surface area contributed by atoms with Crippen LogP contribution >= 0.6 is 0 Å². The maximum Gasteiger partial charge on any atom is 0.336 e. The number of unbranched alkanes of at least 4 members (excludes halogenated alkanes) is 1. The Hall–Kier alpha value is -2.64. The highest BCUT2D eigenvalue weighted by molar-refractivity contribution is 5.59. The maximum absolute atomic E-state index is 6.05. The van der Waals surface area contributed by atoms with Crippen LogP contribution in [0, 0.1) is 5.92 Å². The highest BCUT2D eigenvalue weighted by atomic mass is 16.5. The normalized spacial score (nSPS) is 15.3. The van der Waals surface area contributed by atoms with E-state index in [9.17, 15) is 0 Å². The Morgan fingerprint density at radius 1 is 1.21 bits per heavy atom. The van der Waals surface area contributed by atoms with Gasteiger partial charge in [-0.2, -0.15) is 10.1 Å². The second-order valence-corrected chi connectivity index (χ2v) is 7.72. The molecular formula is C20H29N7O. The first-order chi connectivity index (χ1) is 13.7. The largest absolute Gasteiger partial charge is 0.462 e. The van der Waals surface area contributed by atoms with E-state index < -0.39 is 0 Å². The molecular weight excluding hydrogens is 354 g/mol. The lowest BCUT2D eigenvalue weighted by Gasteiger charge is -2.21.